The predicted octanol–water partition coefficient (Wildman–Crippen LogP) is 3.43. The highest BCUT2D eigenvalue weighted by Crippen LogP contribution is 2.27. The number of benzene rings is 2. The molecule has 0 fully saturated rings. The van der Waals surface area contributed by atoms with Crippen LogP contribution >= 0.6 is 24.0 Å². The number of ether oxygens (including phenoxy) is 2. The summed E-state index contributed by atoms with van der Waals surface area (Å²) in [6.45, 7) is 2.06. The zero-order valence-corrected chi connectivity index (χ0v) is 19.8. The average molecular weight is 521 g/mol. The maximum absolute atomic E-state index is 5.36. The van der Waals surface area contributed by atoms with Crippen LogP contribution in [0, 0.1) is 0 Å². The minimum absolute atomic E-state index is 0. The Morgan fingerprint density at radius 3 is 2.27 bits per heavy atom. The Morgan fingerprint density at radius 2 is 1.63 bits per heavy atom. The molecule has 0 unspecified atom stereocenters. The molecule has 0 bridgehead atoms. The topological polar surface area (TPSA) is 72.7 Å². The minimum Gasteiger partial charge on any atom is -0.493 e. The van der Waals surface area contributed by atoms with E-state index in [9.17, 15) is 0 Å². The van der Waals surface area contributed by atoms with Crippen molar-refractivity contribution in [2.45, 2.75) is 19.6 Å². The molecule has 2 N–H and O–H groups in total. The number of rotatable bonds is 8. The maximum atomic E-state index is 5.36. The highest BCUT2D eigenvalue weighted by atomic mass is 127. The number of aliphatic imine (C=N–C) groups is 1. The first kappa shape index (κ1) is 23.5. The smallest absolute Gasteiger partial charge is 0.191 e. The fourth-order valence-corrected chi connectivity index (χ4v) is 3.00. The van der Waals surface area contributed by atoms with Crippen molar-refractivity contribution >= 4 is 29.9 Å². The maximum Gasteiger partial charge on any atom is 0.191 e. The summed E-state index contributed by atoms with van der Waals surface area (Å²) >= 11 is 0. The first-order valence-corrected chi connectivity index (χ1v) is 9.42. The summed E-state index contributed by atoms with van der Waals surface area (Å²) in [5.74, 6) is 2.16. The van der Waals surface area contributed by atoms with Crippen LogP contribution in [0.4, 0.5) is 0 Å². The normalized spacial score (nSPS) is 10.8. The molecule has 1 heterocycles. The SMILES string of the molecule is CN=C(NCc1cccc(Cn2cccn2)c1)NCc1ccc(OC)c(OC)c1.I. The van der Waals surface area contributed by atoms with Gasteiger partial charge in [0.1, 0.15) is 0 Å². The molecule has 0 aliphatic carbocycles. The van der Waals surface area contributed by atoms with E-state index < -0.39 is 0 Å². The Bertz CT molecular complexity index is 944. The second-order valence-corrected chi connectivity index (χ2v) is 6.49. The molecule has 1 aromatic heterocycles. The van der Waals surface area contributed by atoms with Gasteiger partial charge in [-0.1, -0.05) is 30.3 Å². The van der Waals surface area contributed by atoms with Crippen LogP contribution in [0.25, 0.3) is 0 Å². The van der Waals surface area contributed by atoms with Crippen molar-refractivity contribution in [1.29, 1.82) is 0 Å². The highest BCUT2D eigenvalue weighted by Gasteiger charge is 2.06. The molecule has 0 amide bonds. The molecule has 0 saturated heterocycles. The van der Waals surface area contributed by atoms with Gasteiger partial charge in [0.2, 0.25) is 0 Å². The van der Waals surface area contributed by atoms with Gasteiger partial charge in [0, 0.05) is 32.5 Å². The van der Waals surface area contributed by atoms with E-state index in [1.54, 1.807) is 27.5 Å². The Morgan fingerprint density at radius 1 is 0.933 bits per heavy atom. The molecule has 0 aliphatic heterocycles. The van der Waals surface area contributed by atoms with Crippen LogP contribution in [0.1, 0.15) is 16.7 Å². The van der Waals surface area contributed by atoms with Crippen LogP contribution < -0.4 is 20.1 Å². The lowest BCUT2D eigenvalue weighted by Crippen LogP contribution is -2.36. The predicted molar refractivity (Wildman–Crippen MR) is 130 cm³/mol. The summed E-state index contributed by atoms with van der Waals surface area (Å²) in [4.78, 5) is 4.30. The van der Waals surface area contributed by atoms with Crippen LogP contribution in [-0.2, 0) is 19.6 Å². The van der Waals surface area contributed by atoms with Crippen molar-refractivity contribution in [1.82, 2.24) is 20.4 Å². The number of hydrogen-bond acceptors (Lipinski definition) is 4. The third-order valence-electron chi connectivity index (χ3n) is 4.49. The fraction of sp³-hybridized carbons (Fsp3) is 0.273. The number of nitrogens with one attached hydrogen (secondary N) is 2. The fourth-order valence-electron chi connectivity index (χ4n) is 3.00. The molecule has 3 aromatic rings. The molecular formula is C22H28IN5O2. The molecule has 0 atom stereocenters. The van der Waals surface area contributed by atoms with Gasteiger partial charge in [-0.2, -0.15) is 5.10 Å². The van der Waals surface area contributed by atoms with Gasteiger partial charge >= 0.3 is 0 Å². The van der Waals surface area contributed by atoms with Crippen molar-refractivity contribution < 1.29 is 9.47 Å². The van der Waals surface area contributed by atoms with Crippen LogP contribution in [-0.4, -0.2) is 37.0 Å². The van der Waals surface area contributed by atoms with Gasteiger partial charge in [0.15, 0.2) is 17.5 Å². The molecule has 8 heteroatoms. The Labute approximate surface area is 194 Å². The number of halogens is 1. The van der Waals surface area contributed by atoms with Gasteiger partial charge in [0.05, 0.1) is 20.8 Å². The van der Waals surface area contributed by atoms with Gasteiger partial charge in [-0.05, 0) is 34.9 Å². The van der Waals surface area contributed by atoms with Gasteiger partial charge in [-0.25, -0.2) is 0 Å². The molecule has 7 nitrogen and oxygen atoms in total. The van der Waals surface area contributed by atoms with E-state index in [0.29, 0.717) is 24.6 Å². The minimum atomic E-state index is 0. The molecule has 30 heavy (non-hydrogen) atoms. The zero-order chi connectivity index (χ0) is 20.5. The average Bonchev–Trinajstić information content (AvgIpc) is 3.27. The second kappa shape index (κ2) is 12.1. The third kappa shape index (κ3) is 6.65. The lowest BCUT2D eigenvalue weighted by Gasteiger charge is -2.14. The number of guanidine groups is 1. The molecule has 0 saturated carbocycles. The van der Waals surface area contributed by atoms with E-state index in [4.69, 9.17) is 9.47 Å². The quantitative estimate of drug-likeness (QED) is 0.270. The molecule has 0 aliphatic rings. The lowest BCUT2D eigenvalue weighted by atomic mass is 10.1. The second-order valence-electron chi connectivity index (χ2n) is 6.49. The number of nitrogens with zero attached hydrogens (tertiary/aromatic N) is 3. The van der Waals surface area contributed by atoms with Gasteiger partial charge in [0.25, 0.3) is 0 Å². The summed E-state index contributed by atoms with van der Waals surface area (Å²) in [6.07, 6.45) is 3.75. The number of aromatic nitrogens is 2. The summed E-state index contributed by atoms with van der Waals surface area (Å²) in [5, 5.41) is 10.9. The molecule has 3 rings (SSSR count). The molecule has 2 aromatic carbocycles. The molecule has 0 radical (unpaired) electrons. The highest BCUT2D eigenvalue weighted by molar-refractivity contribution is 14.0. The van der Waals surface area contributed by atoms with Crippen LogP contribution in [0.5, 0.6) is 11.5 Å². The Hall–Kier alpha value is -2.75. The Balaban J connectivity index is 0.00000320. The van der Waals surface area contributed by atoms with Crippen molar-refractivity contribution in [3.63, 3.8) is 0 Å². The third-order valence-corrected chi connectivity index (χ3v) is 4.49. The first-order valence-electron chi connectivity index (χ1n) is 9.42. The summed E-state index contributed by atoms with van der Waals surface area (Å²) in [5.41, 5.74) is 3.47. The van der Waals surface area contributed by atoms with Crippen LogP contribution in [0.3, 0.4) is 0 Å². The van der Waals surface area contributed by atoms with Gasteiger partial charge in [-0.15, -0.1) is 24.0 Å². The number of hydrogen-bond donors (Lipinski definition) is 2. The van der Waals surface area contributed by atoms with E-state index in [0.717, 1.165) is 18.1 Å². The number of methoxy groups -OCH3 is 2. The summed E-state index contributed by atoms with van der Waals surface area (Å²) in [6, 6.07) is 16.2. The van der Waals surface area contributed by atoms with Crippen molar-refractivity contribution in [3.05, 3.63) is 77.6 Å². The van der Waals surface area contributed by atoms with Crippen molar-refractivity contribution in [2.75, 3.05) is 21.3 Å². The zero-order valence-electron chi connectivity index (χ0n) is 17.5. The largest absolute Gasteiger partial charge is 0.493 e. The van der Waals surface area contributed by atoms with E-state index in [1.165, 1.54) is 11.1 Å². The molecular weight excluding hydrogens is 493 g/mol. The van der Waals surface area contributed by atoms with Gasteiger partial charge < -0.3 is 20.1 Å². The van der Waals surface area contributed by atoms with Crippen LogP contribution in [0.15, 0.2) is 65.9 Å². The lowest BCUT2D eigenvalue weighted by molar-refractivity contribution is 0.354. The standard InChI is InChI=1S/C22H27N5O2.HI/c1-23-22(25-15-18-8-9-20(28-2)21(13-18)29-3)24-14-17-6-4-7-19(12-17)16-27-11-5-10-26-27;/h4-13H,14-16H2,1-3H3,(H2,23,24,25);1H. The first-order chi connectivity index (χ1) is 14.2. The van der Waals surface area contributed by atoms with Crippen molar-refractivity contribution in [3.8, 4) is 11.5 Å². The van der Waals surface area contributed by atoms with E-state index in [1.807, 2.05) is 35.1 Å². The molecule has 160 valence electrons. The van der Waals surface area contributed by atoms with Gasteiger partial charge in [-0.3, -0.25) is 9.67 Å². The van der Waals surface area contributed by atoms with E-state index in [-0.39, 0.29) is 24.0 Å². The van der Waals surface area contributed by atoms with E-state index in [2.05, 4.69) is 45.0 Å². The van der Waals surface area contributed by atoms with Crippen LogP contribution in [0.2, 0.25) is 0 Å². The van der Waals surface area contributed by atoms with E-state index >= 15 is 0 Å². The Kier molecular flexibility index (Phi) is 9.46. The van der Waals surface area contributed by atoms with Crippen molar-refractivity contribution in [2.24, 2.45) is 4.99 Å². The summed E-state index contributed by atoms with van der Waals surface area (Å²) in [7, 11) is 5.03. The summed E-state index contributed by atoms with van der Waals surface area (Å²) < 4.78 is 12.6. The monoisotopic (exact) mass is 521 g/mol. The molecule has 0 spiro atoms.